The standard InChI is InChI=1S/C25H31N5O/c1-20-9-11-22(12-10-20)30-19-23(24(27-30)21-7-4-3-5-8-21)25(31)26-13-6-14-29-17-15-28(2)16-18-29/h3-5,7-12,19H,6,13-18H2,1-2H3,(H,26,31). The summed E-state index contributed by atoms with van der Waals surface area (Å²) in [6, 6.07) is 18.0. The van der Waals surface area contributed by atoms with Crippen LogP contribution in [-0.2, 0) is 0 Å². The number of amides is 1. The molecule has 3 aromatic rings. The molecule has 162 valence electrons. The Balaban J connectivity index is 1.45. The summed E-state index contributed by atoms with van der Waals surface area (Å²) in [7, 11) is 2.17. The van der Waals surface area contributed by atoms with Gasteiger partial charge in [0.2, 0.25) is 0 Å². The molecular weight excluding hydrogens is 386 g/mol. The van der Waals surface area contributed by atoms with Crippen LogP contribution in [0.2, 0.25) is 0 Å². The van der Waals surface area contributed by atoms with Crippen molar-refractivity contribution in [1.29, 1.82) is 0 Å². The summed E-state index contributed by atoms with van der Waals surface area (Å²) in [5.74, 6) is -0.0735. The molecule has 6 heteroatoms. The highest BCUT2D eigenvalue weighted by Gasteiger charge is 2.19. The molecule has 0 atom stereocenters. The van der Waals surface area contributed by atoms with Gasteiger partial charge < -0.3 is 15.1 Å². The zero-order chi connectivity index (χ0) is 21.6. The molecule has 1 fully saturated rings. The molecule has 1 aliphatic heterocycles. The number of nitrogens with zero attached hydrogens (tertiary/aromatic N) is 4. The van der Waals surface area contributed by atoms with Crippen LogP contribution >= 0.6 is 0 Å². The van der Waals surface area contributed by atoms with Gasteiger partial charge in [0.1, 0.15) is 5.69 Å². The third-order valence-corrected chi connectivity index (χ3v) is 5.84. The predicted molar refractivity (Wildman–Crippen MR) is 125 cm³/mol. The monoisotopic (exact) mass is 417 g/mol. The minimum atomic E-state index is -0.0735. The number of carbonyl (C=O) groups excluding carboxylic acids is 1. The number of carbonyl (C=O) groups is 1. The lowest BCUT2D eigenvalue weighted by molar-refractivity contribution is 0.0950. The number of aryl methyl sites for hydroxylation is 1. The molecule has 0 unspecified atom stereocenters. The number of nitrogens with one attached hydrogen (secondary N) is 1. The summed E-state index contributed by atoms with van der Waals surface area (Å²) in [6.07, 6.45) is 2.78. The Hall–Kier alpha value is -2.96. The highest BCUT2D eigenvalue weighted by Crippen LogP contribution is 2.23. The average Bonchev–Trinajstić information content (AvgIpc) is 3.24. The number of benzene rings is 2. The van der Waals surface area contributed by atoms with Crippen LogP contribution in [0.1, 0.15) is 22.3 Å². The minimum absolute atomic E-state index is 0.0735. The molecule has 0 spiro atoms. The highest BCUT2D eigenvalue weighted by atomic mass is 16.1. The first-order valence-electron chi connectivity index (χ1n) is 11.0. The van der Waals surface area contributed by atoms with E-state index in [-0.39, 0.29) is 5.91 Å². The van der Waals surface area contributed by atoms with Crippen molar-refractivity contribution in [2.45, 2.75) is 13.3 Å². The molecule has 31 heavy (non-hydrogen) atoms. The molecule has 2 aromatic carbocycles. The Morgan fingerprint density at radius 2 is 1.71 bits per heavy atom. The van der Waals surface area contributed by atoms with E-state index in [1.54, 1.807) is 4.68 Å². The van der Waals surface area contributed by atoms with E-state index in [2.05, 4.69) is 41.2 Å². The topological polar surface area (TPSA) is 53.4 Å². The summed E-state index contributed by atoms with van der Waals surface area (Å²) in [4.78, 5) is 17.9. The first-order chi connectivity index (χ1) is 15.1. The Morgan fingerprint density at radius 1 is 1.00 bits per heavy atom. The maximum atomic E-state index is 13.0. The van der Waals surface area contributed by atoms with Crippen molar-refractivity contribution in [3.8, 4) is 16.9 Å². The van der Waals surface area contributed by atoms with Crippen molar-refractivity contribution in [2.24, 2.45) is 0 Å². The Morgan fingerprint density at radius 3 is 2.42 bits per heavy atom. The second-order valence-corrected chi connectivity index (χ2v) is 8.29. The summed E-state index contributed by atoms with van der Waals surface area (Å²) in [6.45, 7) is 8.18. The normalized spacial score (nSPS) is 15.2. The van der Waals surface area contributed by atoms with Gasteiger partial charge in [-0.15, -0.1) is 0 Å². The molecule has 1 N–H and O–H groups in total. The number of hydrogen-bond acceptors (Lipinski definition) is 4. The fraction of sp³-hybridized carbons (Fsp3) is 0.360. The van der Waals surface area contributed by atoms with Crippen LogP contribution in [0.4, 0.5) is 0 Å². The van der Waals surface area contributed by atoms with Gasteiger partial charge in [-0.05, 0) is 39.1 Å². The molecule has 6 nitrogen and oxygen atoms in total. The van der Waals surface area contributed by atoms with E-state index in [1.807, 2.05) is 48.7 Å². The summed E-state index contributed by atoms with van der Waals surface area (Å²) in [5.41, 5.74) is 4.38. The second-order valence-electron chi connectivity index (χ2n) is 8.29. The van der Waals surface area contributed by atoms with E-state index in [1.165, 1.54) is 5.56 Å². The van der Waals surface area contributed by atoms with Crippen molar-refractivity contribution in [1.82, 2.24) is 24.9 Å². The van der Waals surface area contributed by atoms with Crippen molar-refractivity contribution < 1.29 is 4.79 Å². The fourth-order valence-corrected chi connectivity index (χ4v) is 3.85. The van der Waals surface area contributed by atoms with Crippen LogP contribution in [-0.4, -0.2) is 71.8 Å². The smallest absolute Gasteiger partial charge is 0.255 e. The van der Waals surface area contributed by atoms with Crippen LogP contribution in [0.3, 0.4) is 0 Å². The number of aromatic nitrogens is 2. The first-order valence-corrected chi connectivity index (χ1v) is 11.0. The Kier molecular flexibility index (Phi) is 6.79. The number of rotatable bonds is 7. The van der Waals surface area contributed by atoms with Crippen molar-refractivity contribution >= 4 is 5.91 Å². The van der Waals surface area contributed by atoms with E-state index < -0.39 is 0 Å². The number of hydrogen-bond donors (Lipinski definition) is 1. The van der Waals surface area contributed by atoms with E-state index in [0.717, 1.165) is 50.4 Å². The molecular formula is C25H31N5O. The third-order valence-electron chi connectivity index (χ3n) is 5.84. The van der Waals surface area contributed by atoms with Gasteiger partial charge in [0.25, 0.3) is 5.91 Å². The lowest BCUT2D eigenvalue weighted by Crippen LogP contribution is -2.45. The van der Waals surface area contributed by atoms with Gasteiger partial charge in [-0.2, -0.15) is 5.10 Å². The zero-order valence-corrected chi connectivity index (χ0v) is 18.4. The van der Waals surface area contributed by atoms with Gasteiger partial charge in [0.05, 0.1) is 11.3 Å². The largest absolute Gasteiger partial charge is 0.352 e. The third kappa shape index (κ3) is 5.40. The van der Waals surface area contributed by atoms with E-state index in [0.29, 0.717) is 17.8 Å². The second kappa shape index (κ2) is 9.90. The van der Waals surface area contributed by atoms with Gasteiger partial charge in [-0.3, -0.25) is 4.79 Å². The van der Waals surface area contributed by atoms with Crippen LogP contribution < -0.4 is 5.32 Å². The SMILES string of the molecule is Cc1ccc(-n2cc(C(=O)NCCCN3CCN(C)CC3)c(-c3ccccc3)n2)cc1. The number of piperazine rings is 1. The van der Waals surface area contributed by atoms with Crippen molar-refractivity contribution in [3.63, 3.8) is 0 Å². The Bertz CT molecular complexity index is 989. The van der Waals surface area contributed by atoms with Crippen molar-refractivity contribution in [2.75, 3.05) is 46.3 Å². The van der Waals surface area contributed by atoms with Crippen LogP contribution in [0.5, 0.6) is 0 Å². The molecule has 0 saturated carbocycles. The zero-order valence-electron chi connectivity index (χ0n) is 18.4. The fourth-order valence-electron chi connectivity index (χ4n) is 3.85. The molecule has 1 aromatic heterocycles. The van der Waals surface area contributed by atoms with Crippen LogP contribution in [0.15, 0.2) is 60.8 Å². The summed E-state index contributed by atoms with van der Waals surface area (Å²) in [5, 5.41) is 7.86. The summed E-state index contributed by atoms with van der Waals surface area (Å²) < 4.78 is 1.79. The molecule has 0 radical (unpaired) electrons. The van der Waals surface area contributed by atoms with Gasteiger partial charge in [-0.1, -0.05) is 48.0 Å². The lowest BCUT2D eigenvalue weighted by Gasteiger charge is -2.32. The molecule has 0 aliphatic carbocycles. The van der Waals surface area contributed by atoms with Crippen molar-refractivity contribution in [3.05, 3.63) is 71.9 Å². The van der Waals surface area contributed by atoms with Gasteiger partial charge in [-0.25, -0.2) is 4.68 Å². The molecule has 4 rings (SSSR count). The minimum Gasteiger partial charge on any atom is -0.352 e. The highest BCUT2D eigenvalue weighted by molar-refractivity contribution is 5.99. The van der Waals surface area contributed by atoms with Gasteiger partial charge in [0, 0.05) is 44.5 Å². The average molecular weight is 418 g/mol. The van der Waals surface area contributed by atoms with E-state index >= 15 is 0 Å². The maximum Gasteiger partial charge on any atom is 0.255 e. The van der Waals surface area contributed by atoms with Gasteiger partial charge in [0.15, 0.2) is 0 Å². The maximum absolute atomic E-state index is 13.0. The molecule has 0 bridgehead atoms. The molecule has 1 amide bonds. The van der Waals surface area contributed by atoms with Crippen LogP contribution in [0, 0.1) is 6.92 Å². The van der Waals surface area contributed by atoms with Gasteiger partial charge >= 0.3 is 0 Å². The summed E-state index contributed by atoms with van der Waals surface area (Å²) >= 11 is 0. The predicted octanol–water partition coefficient (Wildman–Crippen LogP) is 3.22. The quantitative estimate of drug-likeness (QED) is 0.600. The van der Waals surface area contributed by atoms with Crippen LogP contribution in [0.25, 0.3) is 16.9 Å². The lowest BCUT2D eigenvalue weighted by atomic mass is 10.1. The molecule has 1 aliphatic rings. The number of likely N-dealkylation sites (N-methyl/N-ethyl adjacent to an activating group) is 1. The molecule has 2 heterocycles. The Labute approximate surface area is 184 Å². The van der Waals surface area contributed by atoms with E-state index in [9.17, 15) is 4.79 Å². The first kappa shape index (κ1) is 21.3. The molecule has 1 saturated heterocycles. The van der Waals surface area contributed by atoms with E-state index in [4.69, 9.17) is 5.10 Å².